The fourth-order valence-electron chi connectivity index (χ4n) is 4.17. The summed E-state index contributed by atoms with van der Waals surface area (Å²) in [5.41, 5.74) is 2.06. The first-order valence-electron chi connectivity index (χ1n) is 9.38. The van der Waals surface area contributed by atoms with E-state index in [4.69, 9.17) is 0 Å². The first-order valence-corrected chi connectivity index (χ1v) is 9.38. The summed E-state index contributed by atoms with van der Waals surface area (Å²) in [6.45, 7) is 1.33. The predicted molar refractivity (Wildman–Crippen MR) is 93.4 cm³/mol. The summed E-state index contributed by atoms with van der Waals surface area (Å²) in [4.78, 5) is 12.5. The molecular weight excluding hydrogens is 317 g/mol. The van der Waals surface area contributed by atoms with Crippen LogP contribution in [0.1, 0.15) is 44.3 Å². The first-order chi connectivity index (χ1) is 12.2. The lowest BCUT2D eigenvalue weighted by molar-refractivity contribution is -0.690. The Balaban J connectivity index is 1.53. The number of hydrogen-bond donors (Lipinski definition) is 1. The quantitative estimate of drug-likeness (QED) is 0.853. The van der Waals surface area contributed by atoms with Gasteiger partial charge in [-0.2, -0.15) is 0 Å². The van der Waals surface area contributed by atoms with Crippen LogP contribution in [-0.2, 0) is 24.3 Å². The fraction of sp³-hybridized carbons (Fsp3) is 0.500. The van der Waals surface area contributed by atoms with E-state index in [0.717, 1.165) is 43.5 Å². The van der Waals surface area contributed by atoms with Crippen LogP contribution in [0.3, 0.4) is 0 Å². The zero-order valence-corrected chi connectivity index (χ0v) is 14.5. The zero-order valence-electron chi connectivity index (χ0n) is 14.5. The molecule has 1 aliphatic heterocycles. The van der Waals surface area contributed by atoms with Gasteiger partial charge in [-0.15, -0.1) is 0 Å². The summed E-state index contributed by atoms with van der Waals surface area (Å²) < 4.78 is 17.5. The summed E-state index contributed by atoms with van der Waals surface area (Å²) in [7, 11) is 0. The molecule has 4 nitrogen and oxygen atoms in total. The second-order valence-corrected chi connectivity index (χ2v) is 7.22. The molecule has 2 aromatic rings. The number of amides is 1. The van der Waals surface area contributed by atoms with Crippen molar-refractivity contribution in [3.05, 3.63) is 42.1 Å². The van der Waals surface area contributed by atoms with E-state index in [1.165, 1.54) is 37.2 Å². The SMILES string of the molecule is O=C(C[n+]1cc(-c2ccc(F)cc2)n2c1CCC2)NC1CCCCC1. The van der Waals surface area contributed by atoms with Gasteiger partial charge in [0, 0.05) is 11.6 Å². The van der Waals surface area contributed by atoms with Crippen LogP contribution in [-0.4, -0.2) is 16.5 Å². The summed E-state index contributed by atoms with van der Waals surface area (Å²) >= 11 is 0. The lowest BCUT2D eigenvalue weighted by Gasteiger charge is -2.22. The number of rotatable bonds is 4. The molecule has 1 N–H and O–H groups in total. The van der Waals surface area contributed by atoms with Crippen molar-refractivity contribution in [2.24, 2.45) is 0 Å². The molecule has 2 heterocycles. The van der Waals surface area contributed by atoms with Gasteiger partial charge in [-0.25, -0.2) is 13.5 Å². The number of nitrogens with one attached hydrogen (secondary N) is 1. The van der Waals surface area contributed by atoms with E-state index in [1.54, 1.807) is 0 Å². The molecule has 1 fully saturated rings. The zero-order chi connectivity index (χ0) is 17.2. The molecule has 0 unspecified atom stereocenters. The molecule has 0 bridgehead atoms. The highest BCUT2D eigenvalue weighted by Gasteiger charge is 2.30. The molecule has 1 amide bonds. The van der Waals surface area contributed by atoms with Crippen LogP contribution in [0.4, 0.5) is 4.39 Å². The first kappa shape index (κ1) is 16.3. The maximum absolute atomic E-state index is 13.2. The van der Waals surface area contributed by atoms with Crippen LogP contribution in [0.25, 0.3) is 11.3 Å². The van der Waals surface area contributed by atoms with Gasteiger partial charge in [0.25, 0.3) is 11.7 Å². The smallest absolute Gasteiger partial charge is 0.262 e. The fourth-order valence-corrected chi connectivity index (χ4v) is 4.17. The Bertz CT molecular complexity index is 760. The second kappa shape index (κ2) is 6.98. The van der Waals surface area contributed by atoms with E-state index in [-0.39, 0.29) is 11.7 Å². The highest BCUT2D eigenvalue weighted by atomic mass is 19.1. The van der Waals surface area contributed by atoms with Gasteiger partial charge < -0.3 is 5.32 Å². The molecule has 0 saturated heterocycles. The monoisotopic (exact) mass is 342 g/mol. The number of benzene rings is 1. The molecular formula is C20H25FN3O+. The van der Waals surface area contributed by atoms with Crippen LogP contribution in [0.5, 0.6) is 0 Å². The molecule has 25 heavy (non-hydrogen) atoms. The Kier molecular flexibility index (Phi) is 4.55. The van der Waals surface area contributed by atoms with Crippen molar-refractivity contribution in [1.29, 1.82) is 0 Å². The molecule has 132 valence electrons. The molecule has 2 aliphatic rings. The standard InChI is InChI=1S/C20H24FN3O/c21-16-10-8-15(9-11-16)18-13-23(20-7-4-12-24(18)20)14-19(25)22-17-5-2-1-3-6-17/h8-11,13,17H,1-7,12,14H2/p+1. The van der Waals surface area contributed by atoms with Crippen LogP contribution < -0.4 is 9.88 Å². The van der Waals surface area contributed by atoms with Crippen molar-refractivity contribution in [1.82, 2.24) is 9.88 Å². The summed E-state index contributed by atoms with van der Waals surface area (Å²) in [5, 5.41) is 3.20. The van der Waals surface area contributed by atoms with E-state index >= 15 is 0 Å². The minimum Gasteiger partial charge on any atom is -0.350 e. The topological polar surface area (TPSA) is 37.9 Å². The molecule has 0 radical (unpaired) electrons. The predicted octanol–water partition coefficient (Wildman–Crippen LogP) is 2.98. The maximum atomic E-state index is 13.2. The van der Waals surface area contributed by atoms with E-state index in [9.17, 15) is 9.18 Å². The third kappa shape index (κ3) is 3.46. The maximum Gasteiger partial charge on any atom is 0.262 e. The molecule has 1 aromatic heterocycles. The minimum atomic E-state index is -0.225. The van der Waals surface area contributed by atoms with Crippen LogP contribution in [0.15, 0.2) is 30.5 Å². The van der Waals surface area contributed by atoms with Crippen molar-refractivity contribution in [2.75, 3.05) is 0 Å². The number of nitrogens with zero attached hydrogens (tertiary/aromatic N) is 2. The van der Waals surface area contributed by atoms with Gasteiger partial charge in [0.05, 0.1) is 13.0 Å². The van der Waals surface area contributed by atoms with Crippen molar-refractivity contribution >= 4 is 5.91 Å². The van der Waals surface area contributed by atoms with Crippen molar-refractivity contribution in [2.45, 2.75) is 64.1 Å². The molecule has 1 aliphatic carbocycles. The Hall–Kier alpha value is -2.17. The van der Waals surface area contributed by atoms with E-state index in [0.29, 0.717) is 12.6 Å². The highest BCUT2D eigenvalue weighted by Crippen LogP contribution is 2.25. The Morgan fingerprint density at radius 3 is 2.68 bits per heavy atom. The van der Waals surface area contributed by atoms with Gasteiger partial charge in [-0.05, 0) is 43.5 Å². The molecule has 1 saturated carbocycles. The van der Waals surface area contributed by atoms with Crippen LogP contribution in [0.2, 0.25) is 0 Å². The third-order valence-corrected chi connectivity index (χ3v) is 5.42. The average molecular weight is 342 g/mol. The molecule has 4 rings (SSSR count). The average Bonchev–Trinajstić information content (AvgIpc) is 3.21. The highest BCUT2D eigenvalue weighted by molar-refractivity contribution is 5.74. The van der Waals surface area contributed by atoms with Gasteiger partial charge in [-0.1, -0.05) is 19.3 Å². The van der Waals surface area contributed by atoms with Crippen molar-refractivity contribution in [3.63, 3.8) is 0 Å². The van der Waals surface area contributed by atoms with Crippen LogP contribution >= 0.6 is 0 Å². The van der Waals surface area contributed by atoms with Gasteiger partial charge in [0.15, 0.2) is 12.2 Å². The number of halogens is 1. The Labute approximate surface area is 147 Å². The number of fused-ring (bicyclic) bond motifs is 1. The number of carbonyl (C=O) groups is 1. The van der Waals surface area contributed by atoms with Crippen molar-refractivity contribution < 1.29 is 13.8 Å². The lowest BCUT2D eigenvalue weighted by atomic mass is 9.95. The second-order valence-electron chi connectivity index (χ2n) is 7.22. The van der Waals surface area contributed by atoms with Gasteiger partial charge in [0.1, 0.15) is 12.0 Å². The van der Waals surface area contributed by atoms with Gasteiger partial charge in [-0.3, -0.25) is 4.79 Å². The minimum absolute atomic E-state index is 0.0999. The molecule has 5 heteroatoms. The van der Waals surface area contributed by atoms with E-state index < -0.39 is 0 Å². The van der Waals surface area contributed by atoms with E-state index in [2.05, 4.69) is 14.5 Å². The molecule has 0 spiro atoms. The summed E-state index contributed by atoms with van der Waals surface area (Å²) in [6, 6.07) is 6.94. The number of carbonyl (C=O) groups excluding carboxylic acids is 1. The Morgan fingerprint density at radius 1 is 1.16 bits per heavy atom. The number of aromatic nitrogens is 2. The third-order valence-electron chi connectivity index (χ3n) is 5.42. The Morgan fingerprint density at radius 2 is 1.92 bits per heavy atom. The summed E-state index contributed by atoms with van der Waals surface area (Å²) in [5.74, 6) is 1.07. The summed E-state index contributed by atoms with van der Waals surface area (Å²) in [6.07, 6.45) is 10.0. The lowest BCUT2D eigenvalue weighted by Crippen LogP contribution is -2.47. The van der Waals surface area contributed by atoms with Crippen LogP contribution in [0, 0.1) is 5.82 Å². The molecule has 1 aromatic carbocycles. The van der Waals surface area contributed by atoms with Crippen molar-refractivity contribution in [3.8, 4) is 11.3 Å². The normalized spacial score (nSPS) is 17.5. The largest absolute Gasteiger partial charge is 0.350 e. The number of hydrogen-bond acceptors (Lipinski definition) is 1. The van der Waals surface area contributed by atoms with Gasteiger partial charge in [0.2, 0.25) is 0 Å². The van der Waals surface area contributed by atoms with Gasteiger partial charge >= 0.3 is 0 Å². The van der Waals surface area contributed by atoms with E-state index in [1.807, 2.05) is 18.3 Å². The number of imidazole rings is 1. The molecule has 0 atom stereocenters.